The molecule has 0 aliphatic rings. The molecule has 0 amide bonds. The molecule has 0 saturated carbocycles. The average Bonchev–Trinajstić information content (AvgIpc) is 2.55. The number of hydrogen-bond donors (Lipinski definition) is 0. The van der Waals surface area contributed by atoms with Crippen LogP contribution < -0.4 is 4.74 Å². The predicted molar refractivity (Wildman–Crippen MR) is 99.1 cm³/mol. The van der Waals surface area contributed by atoms with Crippen molar-refractivity contribution in [3.63, 3.8) is 0 Å². The number of terminal acetylenes is 1. The minimum Gasteiger partial charge on any atom is -0.489 e. The molecule has 122 valence electrons. The largest absolute Gasteiger partial charge is 0.489 e. The monoisotopic (exact) mass is 329 g/mol. The number of rotatable bonds is 7. The van der Waals surface area contributed by atoms with Crippen LogP contribution in [-0.2, 0) is 13.0 Å². The Balaban J connectivity index is 0.00000264. The van der Waals surface area contributed by atoms with Gasteiger partial charge in [0.05, 0.1) is 6.54 Å². The van der Waals surface area contributed by atoms with Crippen LogP contribution in [0.5, 0.6) is 5.75 Å². The first-order valence-corrected chi connectivity index (χ1v) is 7.58. The number of nitrogens with zero attached hydrogens (tertiary/aromatic N) is 1. The van der Waals surface area contributed by atoms with Gasteiger partial charge in [-0.1, -0.05) is 48.4 Å². The summed E-state index contributed by atoms with van der Waals surface area (Å²) in [6, 6.07) is 18.9. The lowest BCUT2D eigenvalue weighted by atomic mass is 10.1. The molecule has 23 heavy (non-hydrogen) atoms. The van der Waals surface area contributed by atoms with Crippen LogP contribution in [0.4, 0.5) is 0 Å². The maximum atomic E-state index is 5.80. The smallest absolute Gasteiger partial charge is 0.119 e. The topological polar surface area (TPSA) is 12.5 Å². The summed E-state index contributed by atoms with van der Waals surface area (Å²) >= 11 is 0. The van der Waals surface area contributed by atoms with Crippen LogP contribution in [0.15, 0.2) is 54.6 Å². The minimum absolute atomic E-state index is 0. The summed E-state index contributed by atoms with van der Waals surface area (Å²) in [5.74, 6) is 3.58. The highest BCUT2D eigenvalue weighted by Gasteiger charge is 2.08. The molecule has 0 bridgehead atoms. The van der Waals surface area contributed by atoms with Gasteiger partial charge in [0, 0.05) is 6.04 Å². The molecule has 0 heterocycles. The number of likely N-dealkylation sites (N-methyl/N-ethyl adjacent to an activating group) is 1. The third-order valence-corrected chi connectivity index (χ3v) is 3.80. The van der Waals surface area contributed by atoms with Gasteiger partial charge in [0.2, 0.25) is 0 Å². The van der Waals surface area contributed by atoms with E-state index in [0.717, 1.165) is 12.2 Å². The van der Waals surface area contributed by atoms with Crippen LogP contribution in [0.2, 0.25) is 0 Å². The van der Waals surface area contributed by atoms with Crippen molar-refractivity contribution in [2.45, 2.75) is 26.0 Å². The van der Waals surface area contributed by atoms with E-state index in [9.17, 15) is 0 Å². The van der Waals surface area contributed by atoms with E-state index in [1.807, 2.05) is 30.3 Å². The fraction of sp³-hybridized carbons (Fsp3) is 0.300. The average molecular weight is 330 g/mol. The van der Waals surface area contributed by atoms with Crippen LogP contribution in [0.25, 0.3) is 0 Å². The second-order valence-electron chi connectivity index (χ2n) is 5.59. The highest BCUT2D eigenvalue weighted by atomic mass is 35.5. The second-order valence-corrected chi connectivity index (χ2v) is 5.59. The summed E-state index contributed by atoms with van der Waals surface area (Å²) < 4.78 is 5.80. The summed E-state index contributed by atoms with van der Waals surface area (Å²) in [4.78, 5) is 2.18. The highest BCUT2D eigenvalue weighted by molar-refractivity contribution is 5.85. The van der Waals surface area contributed by atoms with Crippen molar-refractivity contribution in [1.29, 1.82) is 0 Å². The molecular weight excluding hydrogens is 306 g/mol. The zero-order valence-electron chi connectivity index (χ0n) is 13.7. The van der Waals surface area contributed by atoms with Crippen molar-refractivity contribution >= 4 is 12.4 Å². The lowest BCUT2D eigenvalue weighted by Gasteiger charge is -2.22. The standard InChI is InChI=1S/C20H23NO.ClH/c1-4-14-21(3)17(2)15-18-10-12-20(13-11-18)22-16-19-8-6-5-7-9-19;/h1,5-13,17H,14-16H2,2-3H3;1H/t17-;/m1./s1. The molecule has 0 aromatic heterocycles. The highest BCUT2D eigenvalue weighted by Crippen LogP contribution is 2.16. The van der Waals surface area contributed by atoms with E-state index in [0.29, 0.717) is 19.2 Å². The first-order chi connectivity index (χ1) is 10.7. The molecule has 0 saturated heterocycles. The Morgan fingerprint density at radius 1 is 1.04 bits per heavy atom. The number of halogens is 1. The van der Waals surface area contributed by atoms with Crippen LogP contribution in [0.3, 0.4) is 0 Å². The third kappa shape index (κ3) is 6.36. The fourth-order valence-corrected chi connectivity index (χ4v) is 2.26. The van der Waals surface area contributed by atoms with Crippen molar-refractivity contribution in [3.05, 3.63) is 65.7 Å². The zero-order chi connectivity index (χ0) is 15.8. The second kappa shape index (κ2) is 9.94. The van der Waals surface area contributed by atoms with Gasteiger partial charge in [-0.2, -0.15) is 0 Å². The molecular formula is C20H24ClNO. The van der Waals surface area contributed by atoms with Crippen molar-refractivity contribution in [1.82, 2.24) is 4.90 Å². The van der Waals surface area contributed by atoms with Gasteiger partial charge < -0.3 is 4.74 Å². The summed E-state index contributed by atoms with van der Waals surface area (Å²) in [5.41, 5.74) is 2.47. The minimum atomic E-state index is 0. The van der Waals surface area contributed by atoms with Crippen molar-refractivity contribution < 1.29 is 4.74 Å². The van der Waals surface area contributed by atoms with E-state index in [1.54, 1.807) is 0 Å². The Kier molecular flexibility index (Phi) is 8.26. The van der Waals surface area contributed by atoms with Crippen molar-refractivity contribution in [2.75, 3.05) is 13.6 Å². The van der Waals surface area contributed by atoms with E-state index in [-0.39, 0.29) is 12.4 Å². The molecule has 0 spiro atoms. The number of benzene rings is 2. The lowest BCUT2D eigenvalue weighted by molar-refractivity contribution is 0.286. The van der Waals surface area contributed by atoms with Gasteiger partial charge in [0.1, 0.15) is 12.4 Å². The predicted octanol–water partition coefficient (Wildman–Crippen LogP) is 4.18. The molecule has 2 aromatic carbocycles. The van der Waals surface area contributed by atoms with E-state index < -0.39 is 0 Å². The van der Waals surface area contributed by atoms with E-state index in [4.69, 9.17) is 11.2 Å². The van der Waals surface area contributed by atoms with Crippen LogP contribution >= 0.6 is 12.4 Å². The summed E-state index contributed by atoms with van der Waals surface area (Å²) in [6.45, 7) is 3.47. The van der Waals surface area contributed by atoms with Gasteiger partial charge in [-0.25, -0.2) is 0 Å². The Hall–Kier alpha value is -1.95. The number of ether oxygens (including phenoxy) is 1. The molecule has 0 aliphatic carbocycles. The Morgan fingerprint density at radius 3 is 2.30 bits per heavy atom. The molecule has 0 N–H and O–H groups in total. The molecule has 2 nitrogen and oxygen atoms in total. The Bertz CT molecular complexity index is 604. The zero-order valence-corrected chi connectivity index (χ0v) is 14.6. The van der Waals surface area contributed by atoms with Gasteiger partial charge in [0.25, 0.3) is 0 Å². The molecule has 2 aromatic rings. The van der Waals surface area contributed by atoms with E-state index in [2.05, 4.69) is 49.1 Å². The molecule has 2 rings (SSSR count). The SMILES string of the molecule is C#CCN(C)[C@H](C)Cc1ccc(OCc2ccccc2)cc1.Cl. The van der Waals surface area contributed by atoms with Gasteiger partial charge in [-0.3, -0.25) is 4.90 Å². The molecule has 3 heteroatoms. The van der Waals surface area contributed by atoms with Crippen molar-refractivity contribution in [3.8, 4) is 18.1 Å². The summed E-state index contributed by atoms with van der Waals surface area (Å²) in [6.07, 6.45) is 6.34. The van der Waals surface area contributed by atoms with Crippen LogP contribution in [-0.4, -0.2) is 24.5 Å². The van der Waals surface area contributed by atoms with Gasteiger partial charge in [-0.15, -0.1) is 18.8 Å². The normalized spacial score (nSPS) is 11.4. The lowest BCUT2D eigenvalue weighted by Crippen LogP contribution is -2.31. The van der Waals surface area contributed by atoms with E-state index >= 15 is 0 Å². The Labute approximate surface area is 145 Å². The summed E-state index contributed by atoms with van der Waals surface area (Å²) in [5, 5.41) is 0. The fourth-order valence-electron chi connectivity index (χ4n) is 2.26. The summed E-state index contributed by atoms with van der Waals surface area (Å²) in [7, 11) is 2.06. The maximum Gasteiger partial charge on any atom is 0.119 e. The van der Waals surface area contributed by atoms with E-state index in [1.165, 1.54) is 11.1 Å². The quantitative estimate of drug-likeness (QED) is 0.706. The first-order valence-electron chi connectivity index (χ1n) is 7.58. The van der Waals surface area contributed by atoms with Crippen LogP contribution in [0, 0.1) is 12.3 Å². The maximum absolute atomic E-state index is 5.80. The van der Waals surface area contributed by atoms with Crippen LogP contribution in [0.1, 0.15) is 18.1 Å². The molecule has 0 unspecified atom stereocenters. The number of hydrogen-bond acceptors (Lipinski definition) is 2. The molecule has 0 fully saturated rings. The molecule has 0 radical (unpaired) electrons. The van der Waals surface area contributed by atoms with Gasteiger partial charge in [0.15, 0.2) is 0 Å². The van der Waals surface area contributed by atoms with Gasteiger partial charge >= 0.3 is 0 Å². The first kappa shape index (κ1) is 19.1. The Morgan fingerprint density at radius 2 is 1.70 bits per heavy atom. The van der Waals surface area contributed by atoms with Gasteiger partial charge in [-0.05, 0) is 43.7 Å². The molecule has 0 aliphatic heterocycles. The molecule has 1 atom stereocenters. The van der Waals surface area contributed by atoms with Crippen molar-refractivity contribution in [2.24, 2.45) is 0 Å². The third-order valence-electron chi connectivity index (χ3n) is 3.80.